The van der Waals surface area contributed by atoms with Crippen LogP contribution in [0.2, 0.25) is 0 Å². The second-order valence-electron chi connectivity index (χ2n) is 2.15. The summed E-state index contributed by atoms with van der Waals surface area (Å²) in [5, 5.41) is 1.76. The van der Waals surface area contributed by atoms with Crippen molar-refractivity contribution in [1.29, 1.82) is 0 Å². The molecular weight excluding hydrogens is 136 g/mol. The normalized spacial score (nSPS) is 13.1. The lowest BCUT2D eigenvalue weighted by molar-refractivity contribution is -0.00609. The minimum Gasteiger partial charge on any atom is -0.338 e. The van der Waals surface area contributed by atoms with E-state index in [-0.39, 0.29) is 9.92 Å². The van der Waals surface area contributed by atoms with Gasteiger partial charge < -0.3 is 8.76 Å². The first kappa shape index (κ1) is 8.31. The molecule has 0 aromatic rings. The van der Waals surface area contributed by atoms with Crippen LogP contribution in [0.15, 0.2) is 0 Å². The van der Waals surface area contributed by atoms with Gasteiger partial charge in [0.15, 0.2) is 0 Å². The van der Waals surface area contributed by atoms with Crippen molar-refractivity contribution in [1.82, 2.24) is 9.29 Å². The largest absolute Gasteiger partial charge is 0.338 e. The summed E-state index contributed by atoms with van der Waals surface area (Å²) in [6, 6.07) is 0. The summed E-state index contributed by atoms with van der Waals surface area (Å²) in [4.78, 5) is 0. The van der Waals surface area contributed by atoms with Crippen LogP contribution in [-0.4, -0.2) is 50.8 Å². The van der Waals surface area contributed by atoms with Crippen LogP contribution in [0, 0.1) is 0 Å². The lowest BCUT2D eigenvalue weighted by Crippen LogP contribution is -2.27. The van der Waals surface area contributed by atoms with Gasteiger partial charge in [-0.15, -0.1) is 0 Å². The van der Waals surface area contributed by atoms with Crippen LogP contribution >= 0.6 is 0 Å². The van der Waals surface area contributed by atoms with Gasteiger partial charge in [-0.1, -0.05) is 0 Å². The molecule has 0 N–H and O–H groups in total. The Morgan fingerprint density at radius 3 is 2.00 bits per heavy atom. The minimum absolute atomic E-state index is 0.380. The number of hydrogen-bond acceptors (Lipinski definition) is 3. The molecule has 0 rings (SSSR count). The lowest BCUT2D eigenvalue weighted by atomic mass is 11.2. The van der Waals surface area contributed by atoms with Gasteiger partial charge in [0.05, 0.1) is 10.4 Å². The van der Waals surface area contributed by atoms with E-state index in [4.69, 9.17) is 4.53 Å². The zero-order chi connectivity index (χ0) is 6.57. The Morgan fingerprint density at radius 1 is 1.38 bits per heavy atom. The Hall–Kier alpha value is 0.314. The maximum absolute atomic E-state index is 5.24. The average molecular weight is 150 g/mol. The molecule has 0 aliphatic carbocycles. The minimum atomic E-state index is -0.380. The molecule has 0 amide bonds. The molecule has 5 heteroatoms. The van der Waals surface area contributed by atoms with Gasteiger partial charge in [-0.05, 0) is 7.05 Å². The smallest absolute Gasteiger partial charge is 0.257 e. The van der Waals surface area contributed by atoms with Gasteiger partial charge in [0, 0.05) is 14.1 Å². The zero-order valence-electron chi connectivity index (χ0n) is 6.01. The van der Waals surface area contributed by atoms with Crippen LogP contribution in [-0.2, 0) is 4.53 Å². The van der Waals surface area contributed by atoms with E-state index in [9.17, 15) is 0 Å². The quantitative estimate of drug-likeness (QED) is 0.332. The molecule has 0 heterocycles. The number of nitrogens with zero attached hydrogens (tertiary/aromatic N) is 2. The second kappa shape index (κ2) is 4.22. The summed E-state index contributed by atoms with van der Waals surface area (Å²) in [5.74, 6) is 0. The molecule has 0 saturated carbocycles. The average Bonchev–Trinajstić information content (AvgIpc) is 1.61. The van der Waals surface area contributed by atoms with Crippen molar-refractivity contribution in [3.63, 3.8) is 0 Å². The molecule has 3 nitrogen and oxygen atoms in total. The SMILES string of the molecule is CN(C)O[SiH2]N(C)[SiH3]. The highest BCUT2D eigenvalue weighted by molar-refractivity contribution is 6.35. The van der Waals surface area contributed by atoms with E-state index in [1.807, 2.05) is 14.1 Å². The highest BCUT2D eigenvalue weighted by Crippen LogP contribution is 1.75. The molecule has 0 spiro atoms. The molecule has 0 aromatic heterocycles. The van der Waals surface area contributed by atoms with Crippen molar-refractivity contribution >= 4 is 20.3 Å². The summed E-state index contributed by atoms with van der Waals surface area (Å²) < 4.78 is 7.47. The van der Waals surface area contributed by atoms with Crippen LogP contribution in [0.3, 0.4) is 0 Å². The summed E-state index contributed by atoms with van der Waals surface area (Å²) in [6.07, 6.45) is 0. The maximum Gasteiger partial charge on any atom is 0.257 e. The zero-order valence-corrected chi connectivity index (χ0v) is 9.42. The molecule has 0 aromatic carbocycles. The van der Waals surface area contributed by atoms with Crippen LogP contribution in [0.5, 0.6) is 0 Å². The van der Waals surface area contributed by atoms with Crippen LogP contribution in [0.4, 0.5) is 0 Å². The highest BCUT2D eigenvalue weighted by atomic mass is 28.3. The third kappa shape index (κ3) is 6.31. The molecular formula is C3H14N2OSi2. The van der Waals surface area contributed by atoms with E-state index in [2.05, 4.69) is 11.3 Å². The summed E-state index contributed by atoms with van der Waals surface area (Å²) in [7, 11) is 6.65. The Kier molecular flexibility index (Phi) is 4.38. The van der Waals surface area contributed by atoms with Gasteiger partial charge in [-0.2, -0.15) is 0 Å². The lowest BCUT2D eigenvalue weighted by Gasteiger charge is -2.14. The fraction of sp³-hybridized carbons (Fsp3) is 1.00. The van der Waals surface area contributed by atoms with Crippen molar-refractivity contribution in [3.8, 4) is 0 Å². The van der Waals surface area contributed by atoms with Crippen molar-refractivity contribution < 1.29 is 4.53 Å². The first-order valence-electron chi connectivity index (χ1n) is 2.58. The van der Waals surface area contributed by atoms with E-state index in [1.54, 1.807) is 5.06 Å². The van der Waals surface area contributed by atoms with Gasteiger partial charge in [-0.3, -0.25) is 0 Å². The van der Waals surface area contributed by atoms with Gasteiger partial charge in [0.1, 0.15) is 0 Å². The summed E-state index contributed by atoms with van der Waals surface area (Å²) >= 11 is 0. The van der Waals surface area contributed by atoms with Crippen molar-refractivity contribution in [3.05, 3.63) is 0 Å². The maximum atomic E-state index is 5.24. The van der Waals surface area contributed by atoms with E-state index in [0.717, 1.165) is 10.4 Å². The molecule has 0 fully saturated rings. The van der Waals surface area contributed by atoms with Gasteiger partial charge in [-0.25, -0.2) is 5.06 Å². The molecule has 50 valence electrons. The number of rotatable bonds is 3. The van der Waals surface area contributed by atoms with E-state index < -0.39 is 0 Å². The first-order chi connectivity index (χ1) is 3.63. The topological polar surface area (TPSA) is 15.7 Å². The van der Waals surface area contributed by atoms with Gasteiger partial charge in [0.25, 0.3) is 9.92 Å². The standard InChI is InChI=1S/C3H14N2OSi2/c1-4(2)6-8-5(3)7/h8H2,1-3,7H3. The second-order valence-corrected chi connectivity index (χ2v) is 6.72. The fourth-order valence-corrected chi connectivity index (χ4v) is 1.04. The molecule has 0 bridgehead atoms. The number of hydroxylamine groups is 2. The van der Waals surface area contributed by atoms with Crippen LogP contribution in [0.1, 0.15) is 0 Å². The molecule has 0 atom stereocenters. The molecule has 0 unspecified atom stereocenters. The predicted octanol–water partition coefficient (Wildman–Crippen LogP) is -2.31. The first-order valence-corrected chi connectivity index (χ1v) is 4.68. The Bertz CT molecular complexity index is 51.2. The van der Waals surface area contributed by atoms with E-state index >= 15 is 0 Å². The van der Waals surface area contributed by atoms with Crippen molar-refractivity contribution in [2.24, 2.45) is 0 Å². The van der Waals surface area contributed by atoms with Crippen molar-refractivity contribution in [2.45, 2.75) is 0 Å². The summed E-state index contributed by atoms with van der Waals surface area (Å²) in [6.45, 7) is 0. The third-order valence-electron chi connectivity index (χ3n) is 0.574. The van der Waals surface area contributed by atoms with Crippen molar-refractivity contribution in [2.75, 3.05) is 21.1 Å². The van der Waals surface area contributed by atoms with Crippen LogP contribution in [0.25, 0.3) is 0 Å². The summed E-state index contributed by atoms with van der Waals surface area (Å²) in [5.41, 5.74) is 0. The molecule has 0 aliphatic rings. The van der Waals surface area contributed by atoms with Gasteiger partial charge in [0.2, 0.25) is 0 Å². The fourth-order valence-electron chi connectivity index (χ4n) is 0.231. The van der Waals surface area contributed by atoms with E-state index in [0.29, 0.717) is 0 Å². The van der Waals surface area contributed by atoms with Gasteiger partial charge >= 0.3 is 0 Å². The number of hydrogen-bond donors (Lipinski definition) is 0. The molecule has 0 saturated heterocycles. The van der Waals surface area contributed by atoms with E-state index in [1.165, 1.54) is 0 Å². The van der Waals surface area contributed by atoms with Crippen LogP contribution < -0.4 is 0 Å². The Balaban J connectivity index is 2.93. The monoisotopic (exact) mass is 150 g/mol. The Morgan fingerprint density at radius 2 is 1.88 bits per heavy atom. The predicted molar refractivity (Wildman–Crippen MR) is 41.0 cm³/mol. The third-order valence-corrected chi connectivity index (χ3v) is 2.50. The highest BCUT2D eigenvalue weighted by Gasteiger charge is 1.90. The Labute approximate surface area is 56.1 Å². The molecule has 0 aliphatic heterocycles. The molecule has 0 radical (unpaired) electrons. The molecule has 8 heavy (non-hydrogen) atoms.